The van der Waals surface area contributed by atoms with Crippen molar-refractivity contribution in [2.75, 3.05) is 12.3 Å². The van der Waals surface area contributed by atoms with Gasteiger partial charge in [0.05, 0.1) is 0 Å². The lowest BCUT2D eigenvalue weighted by atomic mass is 10.1. The molecule has 0 unspecified atom stereocenters. The summed E-state index contributed by atoms with van der Waals surface area (Å²) in [6, 6.07) is 8.75. The Kier molecular flexibility index (Phi) is 7.24. The summed E-state index contributed by atoms with van der Waals surface area (Å²) in [5.74, 6) is 0.698. The molecule has 0 atom stereocenters. The molecule has 0 aliphatic carbocycles. The van der Waals surface area contributed by atoms with Gasteiger partial charge in [-0.25, -0.2) is 0 Å². The number of nitrogens with zero attached hydrogens (tertiary/aromatic N) is 1. The van der Waals surface area contributed by atoms with Gasteiger partial charge in [0.1, 0.15) is 0 Å². The van der Waals surface area contributed by atoms with E-state index in [0.29, 0.717) is 12.0 Å². The van der Waals surface area contributed by atoms with Gasteiger partial charge in [-0.15, -0.1) is 12.4 Å². The van der Waals surface area contributed by atoms with Gasteiger partial charge >= 0.3 is 0 Å². The molecule has 1 aromatic carbocycles. The highest BCUT2D eigenvalue weighted by molar-refractivity contribution is 5.85. The van der Waals surface area contributed by atoms with Crippen LogP contribution in [0.5, 0.6) is 0 Å². The van der Waals surface area contributed by atoms with Gasteiger partial charge in [0.2, 0.25) is 0 Å². The Labute approximate surface area is 112 Å². The lowest BCUT2D eigenvalue weighted by molar-refractivity contribution is 0.189. The third kappa shape index (κ3) is 5.94. The largest absolute Gasteiger partial charge is 0.399 e. The summed E-state index contributed by atoms with van der Waals surface area (Å²) in [5.41, 5.74) is 7.95. The van der Waals surface area contributed by atoms with Crippen LogP contribution in [0.25, 0.3) is 0 Å². The minimum atomic E-state index is 0. The van der Waals surface area contributed by atoms with Crippen molar-refractivity contribution in [3.8, 4) is 0 Å². The monoisotopic (exact) mass is 256 g/mol. The molecule has 0 saturated carbocycles. The summed E-state index contributed by atoms with van der Waals surface area (Å²) >= 11 is 0. The van der Waals surface area contributed by atoms with E-state index < -0.39 is 0 Å². The smallest absolute Gasteiger partial charge is 0.0317 e. The van der Waals surface area contributed by atoms with Crippen LogP contribution in [-0.4, -0.2) is 17.5 Å². The first-order valence-electron chi connectivity index (χ1n) is 6.07. The fourth-order valence-corrected chi connectivity index (χ4v) is 1.85. The van der Waals surface area contributed by atoms with E-state index in [1.54, 1.807) is 0 Å². The van der Waals surface area contributed by atoms with E-state index in [0.717, 1.165) is 18.8 Å². The lowest BCUT2D eigenvalue weighted by Gasteiger charge is -2.28. The second kappa shape index (κ2) is 7.57. The van der Waals surface area contributed by atoms with Crippen molar-refractivity contribution in [3.63, 3.8) is 0 Å². The lowest BCUT2D eigenvalue weighted by Crippen LogP contribution is -2.33. The highest BCUT2D eigenvalue weighted by atomic mass is 35.5. The van der Waals surface area contributed by atoms with Gasteiger partial charge in [0.25, 0.3) is 0 Å². The number of nitrogen functional groups attached to an aromatic ring is 1. The van der Waals surface area contributed by atoms with Crippen LogP contribution in [-0.2, 0) is 6.54 Å². The van der Waals surface area contributed by atoms with Gasteiger partial charge in [-0.3, -0.25) is 4.90 Å². The summed E-state index contributed by atoms with van der Waals surface area (Å²) in [5, 5.41) is 0. The average Bonchev–Trinajstić information content (AvgIpc) is 2.15. The van der Waals surface area contributed by atoms with Crippen LogP contribution in [0.2, 0.25) is 0 Å². The first-order chi connectivity index (χ1) is 7.49. The van der Waals surface area contributed by atoms with Gasteiger partial charge in [0, 0.05) is 24.8 Å². The number of hydrogen-bond donors (Lipinski definition) is 1. The van der Waals surface area contributed by atoms with Crippen molar-refractivity contribution < 1.29 is 0 Å². The molecule has 0 aromatic heterocycles. The Bertz CT molecular complexity index is 324. The molecule has 17 heavy (non-hydrogen) atoms. The van der Waals surface area contributed by atoms with Gasteiger partial charge in [0.15, 0.2) is 0 Å². The first kappa shape index (κ1) is 16.3. The topological polar surface area (TPSA) is 29.3 Å². The Hall–Kier alpha value is -0.730. The van der Waals surface area contributed by atoms with E-state index in [1.165, 1.54) is 5.56 Å². The number of rotatable bonds is 5. The van der Waals surface area contributed by atoms with Crippen molar-refractivity contribution >= 4 is 18.1 Å². The molecule has 0 fully saturated rings. The maximum Gasteiger partial charge on any atom is 0.0317 e. The molecule has 0 amide bonds. The van der Waals surface area contributed by atoms with Crippen molar-refractivity contribution in [1.29, 1.82) is 0 Å². The molecule has 0 aliphatic rings. The van der Waals surface area contributed by atoms with Crippen LogP contribution in [0.4, 0.5) is 5.69 Å². The molecule has 0 heterocycles. The minimum absolute atomic E-state index is 0. The Balaban J connectivity index is 0.00000256. The molecular weight excluding hydrogens is 232 g/mol. The number of anilines is 1. The molecule has 3 heteroatoms. The molecule has 1 aromatic rings. The third-order valence-corrected chi connectivity index (χ3v) is 2.67. The van der Waals surface area contributed by atoms with Gasteiger partial charge in [-0.2, -0.15) is 0 Å². The van der Waals surface area contributed by atoms with E-state index in [4.69, 9.17) is 5.73 Å². The summed E-state index contributed by atoms with van der Waals surface area (Å²) < 4.78 is 0. The molecule has 0 aliphatic heterocycles. The predicted molar refractivity (Wildman–Crippen MR) is 78.5 cm³/mol. The summed E-state index contributed by atoms with van der Waals surface area (Å²) in [4.78, 5) is 2.49. The zero-order valence-electron chi connectivity index (χ0n) is 11.3. The Morgan fingerprint density at radius 3 is 2.29 bits per heavy atom. The first-order valence-corrected chi connectivity index (χ1v) is 6.07. The number of benzene rings is 1. The van der Waals surface area contributed by atoms with E-state index in [2.05, 4.69) is 44.7 Å². The zero-order chi connectivity index (χ0) is 12.1. The molecule has 0 saturated heterocycles. The van der Waals surface area contributed by atoms with Crippen molar-refractivity contribution in [2.24, 2.45) is 5.92 Å². The number of halogens is 1. The quantitative estimate of drug-likeness (QED) is 0.817. The molecule has 2 nitrogen and oxygen atoms in total. The van der Waals surface area contributed by atoms with Crippen LogP contribution >= 0.6 is 12.4 Å². The Morgan fingerprint density at radius 1 is 1.18 bits per heavy atom. The maximum absolute atomic E-state index is 5.79. The fourth-order valence-electron chi connectivity index (χ4n) is 1.85. The molecule has 0 bridgehead atoms. The van der Waals surface area contributed by atoms with E-state index in [-0.39, 0.29) is 12.4 Å². The number of nitrogens with two attached hydrogens (primary N) is 1. The van der Waals surface area contributed by atoms with Crippen LogP contribution < -0.4 is 5.73 Å². The summed E-state index contributed by atoms with van der Waals surface area (Å²) in [6.07, 6.45) is 0. The van der Waals surface area contributed by atoms with Crippen molar-refractivity contribution in [1.82, 2.24) is 4.90 Å². The molecule has 0 spiro atoms. The average molecular weight is 257 g/mol. The van der Waals surface area contributed by atoms with Crippen LogP contribution in [0.1, 0.15) is 33.3 Å². The maximum atomic E-state index is 5.79. The van der Waals surface area contributed by atoms with Crippen LogP contribution in [0, 0.1) is 5.92 Å². The molecule has 2 N–H and O–H groups in total. The highest BCUT2D eigenvalue weighted by Gasteiger charge is 2.11. The van der Waals surface area contributed by atoms with Crippen molar-refractivity contribution in [2.45, 2.75) is 40.3 Å². The van der Waals surface area contributed by atoms with Gasteiger partial charge in [-0.1, -0.05) is 26.0 Å². The summed E-state index contributed by atoms with van der Waals surface area (Å²) in [7, 11) is 0. The molecule has 0 radical (unpaired) electrons. The second-order valence-corrected chi connectivity index (χ2v) is 5.16. The molecule has 1 rings (SSSR count). The van der Waals surface area contributed by atoms with Gasteiger partial charge < -0.3 is 5.73 Å². The minimum Gasteiger partial charge on any atom is -0.399 e. The molecule has 98 valence electrons. The fraction of sp³-hybridized carbons (Fsp3) is 0.571. The van der Waals surface area contributed by atoms with Gasteiger partial charge in [-0.05, 0) is 37.5 Å². The number of hydrogen-bond acceptors (Lipinski definition) is 2. The van der Waals surface area contributed by atoms with E-state index in [9.17, 15) is 0 Å². The van der Waals surface area contributed by atoms with Crippen molar-refractivity contribution in [3.05, 3.63) is 29.8 Å². The SMILES string of the molecule is CC(C)CN(Cc1cccc(N)c1)C(C)C.Cl. The van der Waals surface area contributed by atoms with E-state index >= 15 is 0 Å². The summed E-state index contributed by atoms with van der Waals surface area (Å²) in [6.45, 7) is 11.1. The zero-order valence-corrected chi connectivity index (χ0v) is 12.1. The third-order valence-electron chi connectivity index (χ3n) is 2.67. The molecular formula is C14H25ClN2. The second-order valence-electron chi connectivity index (χ2n) is 5.16. The van der Waals surface area contributed by atoms with E-state index in [1.807, 2.05) is 12.1 Å². The van der Waals surface area contributed by atoms with Crippen LogP contribution in [0.3, 0.4) is 0 Å². The standard InChI is InChI=1S/C14H24N2.ClH/c1-11(2)9-16(12(3)4)10-13-6-5-7-14(15)8-13;/h5-8,11-12H,9-10,15H2,1-4H3;1H. The normalized spacial score (nSPS) is 11.0. The Morgan fingerprint density at radius 2 is 1.82 bits per heavy atom. The highest BCUT2D eigenvalue weighted by Crippen LogP contribution is 2.13. The predicted octanol–water partition coefficient (Wildman–Crippen LogP) is 3.56. The van der Waals surface area contributed by atoms with Crippen LogP contribution in [0.15, 0.2) is 24.3 Å².